The Morgan fingerprint density at radius 2 is 1.79 bits per heavy atom. The molecule has 0 aliphatic carbocycles. The molecule has 0 bridgehead atoms. The average Bonchev–Trinajstić information content (AvgIpc) is 3.47. The van der Waals surface area contributed by atoms with Gasteiger partial charge in [0.15, 0.2) is 5.82 Å². The first-order valence-corrected chi connectivity index (χ1v) is 11.8. The van der Waals surface area contributed by atoms with Gasteiger partial charge in [-0.05, 0) is 53.8 Å². The molecule has 1 atom stereocenters. The number of carbonyl (C=O) groups is 1. The standard InChI is InChI=1S/C25H27N7O/c33-24(20-10-4-7-15-32-23(20)27-28-29-32)30-16-12-25(13-17-30,19-8-2-1-3-9-19)21-18-31-14-6-5-11-22(31)26-21/h1-3,5-6,8-9,11,14,18,20H,4,7,10,12-13,15-17H2. The molecule has 33 heavy (non-hydrogen) atoms. The van der Waals surface area contributed by atoms with E-state index in [2.05, 4.69) is 56.5 Å². The van der Waals surface area contributed by atoms with Crippen molar-refractivity contribution < 1.29 is 4.79 Å². The maximum Gasteiger partial charge on any atom is 0.233 e. The minimum atomic E-state index is -0.248. The Morgan fingerprint density at radius 3 is 2.61 bits per heavy atom. The van der Waals surface area contributed by atoms with E-state index in [9.17, 15) is 4.79 Å². The molecular weight excluding hydrogens is 414 g/mol. The summed E-state index contributed by atoms with van der Waals surface area (Å²) in [5, 5.41) is 12.1. The topological polar surface area (TPSA) is 81.2 Å². The molecule has 0 N–H and O–H groups in total. The fourth-order valence-corrected chi connectivity index (χ4v) is 5.54. The normalized spacial score (nSPS) is 20.4. The molecule has 8 nitrogen and oxygen atoms in total. The molecule has 0 spiro atoms. The van der Waals surface area contributed by atoms with Crippen molar-refractivity contribution in [2.45, 2.75) is 50.0 Å². The predicted molar refractivity (Wildman–Crippen MR) is 123 cm³/mol. The van der Waals surface area contributed by atoms with Crippen molar-refractivity contribution in [3.63, 3.8) is 0 Å². The van der Waals surface area contributed by atoms with E-state index in [4.69, 9.17) is 4.98 Å². The summed E-state index contributed by atoms with van der Waals surface area (Å²) in [7, 11) is 0. The monoisotopic (exact) mass is 441 g/mol. The number of fused-ring (bicyclic) bond motifs is 2. The van der Waals surface area contributed by atoms with Gasteiger partial charge in [0.05, 0.1) is 11.6 Å². The van der Waals surface area contributed by atoms with Gasteiger partial charge in [0, 0.05) is 37.4 Å². The number of aryl methyl sites for hydroxylation is 1. The fourth-order valence-electron chi connectivity index (χ4n) is 5.54. The highest BCUT2D eigenvalue weighted by Gasteiger charge is 2.42. The Balaban J connectivity index is 1.30. The van der Waals surface area contributed by atoms with E-state index in [0.29, 0.717) is 13.1 Å². The van der Waals surface area contributed by atoms with Crippen molar-refractivity contribution in [1.82, 2.24) is 34.5 Å². The molecule has 1 unspecified atom stereocenters. The summed E-state index contributed by atoms with van der Waals surface area (Å²) in [5.74, 6) is 0.629. The van der Waals surface area contributed by atoms with E-state index in [1.165, 1.54) is 5.56 Å². The lowest BCUT2D eigenvalue weighted by molar-refractivity contribution is -0.134. The number of tetrazole rings is 1. The summed E-state index contributed by atoms with van der Waals surface area (Å²) in [6, 6.07) is 16.7. The Bertz CT molecular complexity index is 1240. The molecule has 8 heteroatoms. The smallest absolute Gasteiger partial charge is 0.233 e. The second-order valence-electron chi connectivity index (χ2n) is 9.17. The number of hydrogen-bond donors (Lipinski definition) is 0. The summed E-state index contributed by atoms with van der Waals surface area (Å²) in [6.07, 6.45) is 8.69. The lowest BCUT2D eigenvalue weighted by Gasteiger charge is -2.42. The van der Waals surface area contributed by atoms with Gasteiger partial charge in [-0.1, -0.05) is 42.8 Å². The number of pyridine rings is 1. The van der Waals surface area contributed by atoms with Gasteiger partial charge >= 0.3 is 0 Å². The molecular formula is C25H27N7O. The van der Waals surface area contributed by atoms with Crippen LogP contribution in [-0.4, -0.2) is 53.5 Å². The van der Waals surface area contributed by atoms with E-state index < -0.39 is 0 Å². The SMILES string of the molecule is O=C(C1CCCCn2nnnc21)N1CCC(c2ccccc2)(c2cn3ccccc3n2)CC1. The molecule has 168 valence electrons. The van der Waals surface area contributed by atoms with Crippen molar-refractivity contribution >= 4 is 11.6 Å². The van der Waals surface area contributed by atoms with Crippen LogP contribution in [0.3, 0.4) is 0 Å². The van der Waals surface area contributed by atoms with Crippen LogP contribution in [0.5, 0.6) is 0 Å². The van der Waals surface area contributed by atoms with E-state index >= 15 is 0 Å². The fraction of sp³-hybridized carbons (Fsp3) is 0.400. The number of rotatable bonds is 3. The quantitative estimate of drug-likeness (QED) is 0.488. The number of imidazole rings is 1. The molecule has 3 aromatic heterocycles. The number of piperidine rings is 1. The minimum Gasteiger partial charge on any atom is -0.342 e. The zero-order valence-electron chi connectivity index (χ0n) is 18.5. The molecule has 2 aliphatic rings. The van der Waals surface area contributed by atoms with Crippen molar-refractivity contribution in [1.29, 1.82) is 0 Å². The molecule has 1 aromatic carbocycles. The number of carbonyl (C=O) groups excluding carboxylic acids is 1. The average molecular weight is 442 g/mol. The van der Waals surface area contributed by atoms with Gasteiger partial charge in [0.25, 0.3) is 0 Å². The van der Waals surface area contributed by atoms with Gasteiger partial charge < -0.3 is 9.30 Å². The van der Waals surface area contributed by atoms with E-state index in [0.717, 1.165) is 55.8 Å². The molecule has 0 radical (unpaired) electrons. The van der Waals surface area contributed by atoms with Crippen LogP contribution in [0.2, 0.25) is 0 Å². The summed E-state index contributed by atoms with van der Waals surface area (Å²) in [6.45, 7) is 2.18. The van der Waals surface area contributed by atoms with Crippen LogP contribution in [0.25, 0.3) is 5.65 Å². The van der Waals surface area contributed by atoms with E-state index in [1.54, 1.807) is 0 Å². The Labute approximate surface area is 192 Å². The molecule has 1 fully saturated rings. The van der Waals surface area contributed by atoms with Crippen LogP contribution < -0.4 is 0 Å². The number of benzene rings is 1. The Morgan fingerprint density at radius 1 is 0.970 bits per heavy atom. The summed E-state index contributed by atoms with van der Waals surface area (Å²) in [5.41, 5.74) is 3.07. The Hall–Kier alpha value is -3.55. The van der Waals surface area contributed by atoms with Gasteiger partial charge in [-0.2, -0.15) is 0 Å². The van der Waals surface area contributed by atoms with Gasteiger partial charge in [0.2, 0.25) is 5.91 Å². The van der Waals surface area contributed by atoms with E-state index in [1.807, 2.05) is 34.0 Å². The highest BCUT2D eigenvalue weighted by atomic mass is 16.2. The highest BCUT2D eigenvalue weighted by Crippen LogP contribution is 2.42. The van der Waals surface area contributed by atoms with Crippen LogP contribution in [0.15, 0.2) is 60.9 Å². The molecule has 4 aromatic rings. The lowest BCUT2D eigenvalue weighted by atomic mass is 9.70. The number of likely N-dealkylation sites (tertiary alicyclic amines) is 1. The molecule has 1 saturated heterocycles. The first-order valence-electron chi connectivity index (χ1n) is 11.8. The van der Waals surface area contributed by atoms with Crippen molar-refractivity contribution in [3.05, 3.63) is 78.0 Å². The first kappa shape index (κ1) is 20.1. The third-order valence-corrected chi connectivity index (χ3v) is 7.39. The van der Waals surface area contributed by atoms with Crippen LogP contribution in [0.4, 0.5) is 0 Å². The van der Waals surface area contributed by atoms with Crippen molar-refractivity contribution in [2.24, 2.45) is 0 Å². The zero-order valence-corrected chi connectivity index (χ0v) is 18.5. The lowest BCUT2D eigenvalue weighted by Crippen LogP contribution is -2.47. The van der Waals surface area contributed by atoms with Gasteiger partial charge in [-0.3, -0.25) is 4.79 Å². The number of aromatic nitrogens is 6. The Kier molecular flexibility index (Phi) is 4.93. The number of nitrogens with zero attached hydrogens (tertiary/aromatic N) is 7. The minimum absolute atomic E-state index is 0.157. The second-order valence-corrected chi connectivity index (χ2v) is 9.17. The number of hydrogen-bond acceptors (Lipinski definition) is 5. The van der Waals surface area contributed by atoms with E-state index in [-0.39, 0.29) is 17.2 Å². The van der Waals surface area contributed by atoms with Gasteiger partial charge in [-0.25, -0.2) is 9.67 Å². The van der Waals surface area contributed by atoms with Crippen LogP contribution >= 0.6 is 0 Å². The van der Waals surface area contributed by atoms with Crippen molar-refractivity contribution in [3.8, 4) is 0 Å². The predicted octanol–water partition coefficient (Wildman–Crippen LogP) is 3.20. The molecule has 1 amide bonds. The maximum absolute atomic E-state index is 13.6. The second kappa shape index (κ2) is 8.10. The van der Waals surface area contributed by atoms with Crippen LogP contribution in [-0.2, 0) is 16.8 Å². The molecule has 0 saturated carbocycles. The number of amides is 1. The molecule has 6 rings (SSSR count). The summed E-state index contributed by atoms with van der Waals surface area (Å²) >= 11 is 0. The zero-order chi connectivity index (χ0) is 22.3. The van der Waals surface area contributed by atoms with Gasteiger partial charge in [-0.15, -0.1) is 5.10 Å². The van der Waals surface area contributed by atoms with Crippen LogP contribution in [0, 0.1) is 0 Å². The summed E-state index contributed by atoms with van der Waals surface area (Å²) < 4.78 is 3.90. The third-order valence-electron chi connectivity index (χ3n) is 7.39. The van der Waals surface area contributed by atoms with Gasteiger partial charge in [0.1, 0.15) is 5.65 Å². The molecule has 2 aliphatic heterocycles. The first-order chi connectivity index (χ1) is 16.2. The maximum atomic E-state index is 13.6. The van der Waals surface area contributed by atoms with Crippen molar-refractivity contribution in [2.75, 3.05) is 13.1 Å². The third kappa shape index (κ3) is 3.41. The largest absolute Gasteiger partial charge is 0.342 e. The van der Waals surface area contributed by atoms with Crippen LogP contribution in [0.1, 0.15) is 55.1 Å². The molecule has 5 heterocycles. The summed E-state index contributed by atoms with van der Waals surface area (Å²) in [4.78, 5) is 20.6. The highest BCUT2D eigenvalue weighted by molar-refractivity contribution is 5.83.